The lowest BCUT2D eigenvalue weighted by molar-refractivity contribution is 0.746. The van der Waals surface area contributed by atoms with Crippen molar-refractivity contribution in [2.24, 2.45) is 0 Å². The summed E-state index contributed by atoms with van der Waals surface area (Å²) in [6.07, 6.45) is 7.37. The zero-order chi connectivity index (χ0) is 37.2. The van der Waals surface area contributed by atoms with E-state index < -0.39 is 0 Å². The number of para-hydroxylation sites is 3. The molecule has 9 aromatic rings. The molecule has 2 nitrogen and oxygen atoms in total. The Morgan fingerprint density at radius 3 is 1.88 bits per heavy atom. The number of nitrogens with zero attached hydrogens (tertiary/aromatic N) is 2. The molecule has 1 spiro atoms. The largest absolute Gasteiger partial charge is 0.333 e. The molecule has 2 heterocycles. The van der Waals surface area contributed by atoms with Crippen LogP contribution in [0.3, 0.4) is 0 Å². The maximum absolute atomic E-state index is 2.64. The summed E-state index contributed by atoms with van der Waals surface area (Å²) in [4.78, 5) is 2.64. The van der Waals surface area contributed by atoms with Crippen molar-refractivity contribution in [3.8, 4) is 27.9 Å². The molecule has 0 amide bonds. The van der Waals surface area contributed by atoms with Crippen molar-refractivity contribution in [2.75, 3.05) is 4.90 Å². The third-order valence-electron chi connectivity index (χ3n) is 13.3. The third kappa shape index (κ3) is 3.99. The maximum atomic E-state index is 2.64. The first-order valence-corrected chi connectivity index (χ1v) is 20.1. The molecule has 13 rings (SSSR count). The van der Waals surface area contributed by atoms with Gasteiger partial charge in [-0.15, -0.1) is 0 Å². The van der Waals surface area contributed by atoms with Gasteiger partial charge in [0.25, 0.3) is 0 Å². The summed E-state index contributed by atoms with van der Waals surface area (Å²) in [7, 11) is 0. The Morgan fingerprint density at radius 1 is 0.456 bits per heavy atom. The molecule has 57 heavy (non-hydrogen) atoms. The molecular weight excluding hydrogens is 689 g/mol. The molecule has 2 heteroatoms. The summed E-state index contributed by atoms with van der Waals surface area (Å²) in [6.45, 7) is 0. The van der Waals surface area contributed by atoms with Crippen LogP contribution in [0.5, 0.6) is 0 Å². The minimum Gasteiger partial charge on any atom is -0.333 e. The summed E-state index contributed by atoms with van der Waals surface area (Å²) in [6, 6.07) is 70.2. The van der Waals surface area contributed by atoms with Gasteiger partial charge < -0.3 is 9.47 Å². The Labute approximate surface area is 331 Å². The molecular formula is C55H36N2. The normalized spacial score (nSPS) is 17.6. The number of allylic oxidation sites excluding steroid dienone is 2. The predicted octanol–water partition coefficient (Wildman–Crippen LogP) is 13.4. The molecule has 0 bridgehead atoms. The lowest BCUT2D eigenvalue weighted by Gasteiger charge is -2.33. The first kappa shape index (κ1) is 31.1. The second-order valence-corrected chi connectivity index (χ2v) is 15.9. The van der Waals surface area contributed by atoms with Gasteiger partial charge in [0.2, 0.25) is 0 Å². The molecule has 4 aliphatic rings. The first-order valence-electron chi connectivity index (χ1n) is 20.1. The fourth-order valence-electron chi connectivity index (χ4n) is 11.2. The van der Waals surface area contributed by atoms with Crippen LogP contribution in [0.2, 0.25) is 0 Å². The number of aromatic nitrogens is 1. The number of rotatable bonds is 3. The van der Waals surface area contributed by atoms with Crippen molar-refractivity contribution in [2.45, 2.75) is 17.4 Å². The molecule has 2 atom stereocenters. The van der Waals surface area contributed by atoms with Crippen LogP contribution in [-0.2, 0) is 5.41 Å². The average Bonchev–Trinajstić information content (AvgIpc) is 3.98. The van der Waals surface area contributed by atoms with Crippen molar-refractivity contribution in [1.82, 2.24) is 4.57 Å². The summed E-state index contributed by atoms with van der Waals surface area (Å²) in [5.41, 5.74) is 20.6. The van der Waals surface area contributed by atoms with Crippen molar-refractivity contribution in [3.05, 3.63) is 240 Å². The van der Waals surface area contributed by atoms with E-state index in [1.807, 2.05) is 0 Å². The molecule has 8 aromatic carbocycles. The molecule has 266 valence electrons. The van der Waals surface area contributed by atoms with Gasteiger partial charge in [0.05, 0.1) is 22.5 Å². The second-order valence-electron chi connectivity index (χ2n) is 15.9. The molecule has 3 aliphatic carbocycles. The molecule has 1 aromatic heterocycles. The van der Waals surface area contributed by atoms with Crippen molar-refractivity contribution >= 4 is 38.8 Å². The molecule has 0 fully saturated rings. The van der Waals surface area contributed by atoms with Crippen LogP contribution < -0.4 is 4.90 Å². The Morgan fingerprint density at radius 2 is 1.07 bits per heavy atom. The standard InChI is InChI=1S/C55H36N2/c1-2-15-37(16-3-1)56-49-26-12-7-19-40(49)43-33-35(29-31-51(43)56)36-30-32-52-44(34-36)41-20-8-13-27-50(41)57(52)53-28-14-25-48-54(53)42-21-6-11-24-47(42)55(48)45-22-9-4-17-38(45)39-18-5-10-23-46(39)55/h1-34,44,52H. The molecule has 1 aliphatic heterocycles. The number of anilines is 2. The highest BCUT2D eigenvalue weighted by molar-refractivity contribution is 6.10. The van der Waals surface area contributed by atoms with E-state index in [1.165, 1.54) is 100 Å². The fraction of sp³-hybridized carbons (Fsp3) is 0.0545. The van der Waals surface area contributed by atoms with Crippen LogP contribution in [0.4, 0.5) is 11.4 Å². The highest BCUT2D eigenvalue weighted by Gasteiger charge is 2.53. The van der Waals surface area contributed by atoms with Crippen molar-refractivity contribution in [3.63, 3.8) is 0 Å². The van der Waals surface area contributed by atoms with Gasteiger partial charge in [-0.1, -0.05) is 164 Å². The van der Waals surface area contributed by atoms with E-state index in [4.69, 9.17) is 0 Å². The minimum atomic E-state index is -0.370. The van der Waals surface area contributed by atoms with Crippen LogP contribution >= 0.6 is 0 Å². The average molecular weight is 725 g/mol. The van der Waals surface area contributed by atoms with Gasteiger partial charge in [0.1, 0.15) is 0 Å². The van der Waals surface area contributed by atoms with Crippen LogP contribution in [0, 0.1) is 0 Å². The zero-order valence-corrected chi connectivity index (χ0v) is 31.2. The topological polar surface area (TPSA) is 8.17 Å². The Kier molecular flexibility index (Phi) is 6.24. The molecule has 0 saturated carbocycles. The van der Waals surface area contributed by atoms with E-state index in [0.717, 1.165) is 0 Å². The summed E-state index contributed by atoms with van der Waals surface area (Å²) in [5, 5.41) is 2.55. The van der Waals surface area contributed by atoms with Gasteiger partial charge in [0, 0.05) is 39.3 Å². The van der Waals surface area contributed by atoms with E-state index >= 15 is 0 Å². The van der Waals surface area contributed by atoms with Crippen LogP contribution in [-0.4, -0.2) is 10.6 Å². The van der Waals surface area contributed by atoms with Crippen LogP contribution in [0.25, 0.3) is 55.3 Å². The third-order valence-corrected chi connectivity index (χ3v) is 13.3. The number of fused-ring (bicyclic) bond motifs is 16. The fourth-order valence-corrected chi connectivity index (χ4v) is 11.2. The van der Waals surface area contributed by atoms with E-state index in [9.17, 15) is 0 Å². The molecule has 2 unspecified atom stereocenters. The smallest absolute Gasteiger partial charge is 0.0726 e. The number of hydrogen-bond donors (Lipinski definition) is 0. The van der Waals surface area contributed by atoms with Gasteiger partial charge >= 0.3 is 0 Å². The quantitative estimate of drug-likeness (QED) is 0.176. The van der Waals surface area contributed by atoms with Gasteiger partial charge in [-0.05, 0) is 98.1 Å². The predicted molar refractivity (Wildman–Crippen MR) is 236 cm³/mol. The van der Waals surface area contributed by atoms with E-state index in [-0.39, 0.29) is 17.4 Å². The SMILES string of the molecule is C1=CC2C(C=C1c1ccc3c(c1)c1ccccc1n3-c1ccccc1)c1ccccc1N2c1cccc2c1-c1ccccc1C21c2ccccc2-c2ccccc21. The lowest BCUT2D eigenvalue weighted by atomic mass is 9.70. The van der Waals surface area contributed by atoms with Gasteiger partial charge in [-0.25, -0.2) is 0 Å². The highest BCUT2D eigenvalue weighted by Crippen LogP contribution is 2.65. The lowest BCUT2D eigenvalue weighted by Crippen LogP contribution is -2.30. The summed E-state index contributed by atoms with van der Waals surface area (Å²) >= 11 is 0. The Balaban J connectivity index is 0.971. The van der Waals surface area contributed by atoms with Crippen LogP contribution in [0.15, 0.2) is 206 Å². The van der Waals surface area contributed by atoms with E-state index in [1.54, 1.807) is 0 Å². The van der Waals surface area contributed by atoms with Gasteiger partial charge in [-0.2, -0.15) is 0 Å². The van der Waals surface area contributed by atoms with Gasteiger partial charge in [-0.3, -0.25) is 0 Å². The number of hydrogen-bond acceptors (Lipinski definition) is 1. The first-order chi connectivity index (χ1) is 28.3. The Bertz CT molecular complexity index is 3170. The molecule has 0 N–H and O–H groups in total. The van der Waals surface area contributed by atoms with Gasteiger partial charge in [0.15, 0.2) is 0 Å². The number of benzene rings is 8. The Hall–Kier alpha value is -7.16. The van der Waals surface area contributed by atoms with E-state index in [0.29, 0.717) is 0 Å². The minimum absolute atomic E-state index is 0.147. The highest BCUT2D eigenvalue weighted by atomic mass is 15.2. The zero-order valence-electron chi connectivity index (χ0n) is 31.2. The molecule has 0 saturated heterocycles. The maximum Gasteiger partial charge on any atom is 0.0726 e. The monoisotopic (exact) mass is 724 g/mol. The summed E-state index contributed by atoms with van der Waals surface area (Å²) in [5.74, 6) is 0.206. The van der Waals surface area contributed by atoms with Crippen molar-refractivity contribution in [1.29, 1.82) is 0 Å². The van der Waals surface area contributed by atoms with Crippen molar-refractivity contribution < 1.29 is 0 Å². The second kappa shape index (κ2) is 11.4. The van der Waals surface area contributed by atoms with Crippen LogP contribution in [0.1, 0.15) is 39.3 Å². The van der Waals surface area contributed by atoms with E-state index in [2.05, 4.69) is 216 Å². The molecule has 0 radical (unpaired) electrons. The summed E-state index contributed by atoms with van der Waals surface area (Å²) < 4.78 is 2.39.